The Morgan fingerprint density at radius 1 is 1.30 bits per heavy atom. The number of hydrogen-bond acceptors (Lipinski definition) is 3. The maximum atomic E-state index is 11.7. The van der Waals surface area contributed by atoms with Crippen LogP contribution in [0.25, 0.3) is 0 Å². The number of anilines is 1. The van der Waals surface area contributed by atoms with Crippen LogP contribution in [0.15, 0.2) is 29.2 Å². The van der Waals surface area contributed by atoms with Crippen molar-refractivity contribution in [3.05, 3.63) is 24.3 Å². The van der Waals surface area contributed by atoms with Gasteiger partial charge in [0, 0.05) is 40.8 Å². The SMILES string of the molecule is CS(=O)c1ccc(NC(=O)NCC(C)(C)CCO)cc1. The summed E-state index contributed by atoms with van der Waals surface area (Å²) in [5, 5.41) is 14.4. The zero-order valence-corrected chi connectivity index (χ0v) is 12.9. The van der Waals surface area contributed by atoms with Crippen molar-refractivity contribution < 1.29 is 14.1 Å². The lowest BCUT2D eigenvalue weighted by molar-refractivity contribution is 0.204. The molecule has 1 unspecified atom stereocenters. The summed E-state index contributed by atoms with van der Waals surface area (Å²) in [5.41, 5.74) is 0.506. The van der Waals surface area contributed by atoms with E-state index in [0.717, 1.165) is 4.90 Å². The molecule has 5 nitrogen and oxygen atoms in total. The molecule has 0 radical (unpaired) electrons. The lowest BCUT2D eigenvalue weighted by Crippen LogP contribution is -2.37. The average molecular weight is 298 g/mol. The van der Waals surface area contributed by atoms with E-state index >= 15 is 0 Å². The first-order valence-corrected chi connectivity index (χ1v) is 7.99. The number of aliphatic hydroxyl groups is 1. The fourth-order valence-corrected chi connectivity index (χ4v) is 2.14. The maximum absolute atomic E-state index is 11.7. The summed E-state index contributed by atoms with van der Waals surface area (Å²) in [4.78, 5) is 12.5. The van der Waals surface area contributed by atoms with E-state index in [0.29, 0.717) is 18.7 Å². The van der Waals surface area contributed by atoms with E-state index in [1.807, 2.05) is 13.8 Å². The molecule has 20 heavy (non-hydrogen) atoms. The number of nitrogens with one attached hydrogen (secondary N) is 2. The molecular formula is C14H22N2O3S. The highest BCUT2D eigenvalue weighted by Gasteiger charge is 2.18. The van der Waals surface area contributed by atoms with Gasteiger partial charge in [-0.2, -0.15) is 0 Å². The van der Waals surface area contributed by atoms with Crippen LogP contribution in [0.3, 0.4) is 0 Å². The second-order valence-corrected chi connectivity index (χ2v) is 6.80. The van der Waals surface area contributed by atoms with Gasteiger partial charge in [-0.1, -0.05) is 13.8 Å². The van der Waals surface area contributed by atoms with Crippen LogP contribution in [0, 0.1) is 5.41 Å². The fourth-order valence-electron chi connectivity index (χ4n) is 1.62. The van der Waals surface area contributed by atoms with Crippen molar-refractivity contribution >= 4 is 22.5 Å². The Hall–Kier alpha value is -1.40. The van der Waals surface area contributed by atoms with Crippen molar-refractivity contribution in [1.29, 1.82) is 0 Å². The van der Waals surface area contributed by atoms with Gasteiger partial charge < -0.3 is 15.7 Å². The van der Waals surface area contributed by atoms with Gasteiger partial charge in [0.2, 0.25) is 0 Å². The van der Waals surface area contributed by atoms with Gasteiger partial charge in [-0.05, 0) is 36.1 Å². The molecule has 0 aliphatic rings. The number of hydrogen-bond donors (Lipinski definition) is 3. The summed E-state index contributed by atoms with van der Waals surface area (Å²) in [6.07, 6.45) is 2.24. The Kier molecular flexibility index (Phi) is 6.16. The Bertz CT molecular complexity index is 472. The maximum Gasteiger partial charge on any atom is 0.319 e. The molecule has 0 saturated heterocycles. The van der Waals surface area contributed by atoms with Gasteiger partial charge in [0.15, 0.2) is 0 Å². The summed E-state index contributed by atoms with van der Waals surface area (Å²) in [6.45, 7) is 4.55. The highest BCUT2D eigenvalue weighted by Crippen LogP contribution is 2.18. The number of carbonyl (C=O) groups is 1. The molecule has 1 atom stereocenters. The highest BCUT2D eigenvalue weighted by atomic mass is 32.2. The average Bonchev–Trinajstić information content (AvgIpc) is 2.37. The highest BCUT2D eigenvalue weighted by molar-refractivity contribution is 7.84. The molecule has 0 aliphatic heterocycles. The van der Waals surface area contributed by atoms with Crippen LogP contribution < -0.4 is 10.6 Å². The van der Waals surface area contributed by atoms with Gasteiger partial charge in [-0.25, -0.2) is 4.79 Å². The van der Waals surface area contributed by atoms with Crippen LogP contribution in [0.4, 0.5) is 10.5 Å². The van der Waals surface area contributed by atoms with Crippen molar-refractivity contribution in [2.24, 2.45) is 5.41 Å². The molecule has 0 spiro atoms. The Labute approximate surface area is 122 Å². The molecule has 1 aromatic rings. The first-order chi connectivity index (χ1) is 9.34. The van der Waals surface area contributed by atoms with Crippen LogP contribution in [-0.4, -0.2) is 34.8 Å². The molecule has 0 heterocycles. The predicted molar refractivity (Wildman–Crippen MR) is 81.3 cm³/mol. The molecule has 0 aliphatic carbocycles. The second-order valence-electron chi connectivity index (χ2n) is 5.42. The van der Waals surface area contributed by atoms with E-state index in [4.69, 9.17) is 5.11 Å². The summed E-state index contributed by atoms with van der Waals surface area (Å²) < 4.78 is 11.2. The van der Waals surface area contributed by atoms with Gasteiger partial charge in [-0.15, -0.1) is 0 Å². The molecule has 0 bridgehead atoms. The van der Waals surface area contributed by atoms with Crippen LogP contribution >= 0.6 is 0 Å². The van der Waals surface area contributed by atoms with Gasteiger partial charge in [0.05, 0.1) is 0 Å². The molecule has 112 valence electrons. The monoisotopic (exact) mass is 298 g/mol. The lowest BCUT2D eigenvalue weighted by atomic mass is 9.90. The van der Waals surface area contributed by atoms with Crippen molar-refractivity contribution in [3.8, 4) is 0 Å². The van der Waals surface area contributed by atoms with E-state index in [9.17, 15) is 9.00 Å². The second kappa shape index (κ2) is 7.40. The largest absolute Gasteiger partial charge is 0.396 e. The standard InChI is InChI=1S/C14H22N2O3S/c1-14(2,8-9-17)10-15-13(18)16-11-4-6-12(7-5-11)20(3)19/h4-7,17H,8-10H2,1-3H3,(H2,15,16,18). The Morgan fingerprint density at radius 2 is 1.90 bits per heavy atom. The van der Waals surface area contributed by atoms with Crippen molar-refractivity contribution in [2.45, 2.75) is 25.2 Å². The number of urea groups is 1. The minimum Gasteiger partial charge on any atom is -0.396 e. The minimum atomic E-state index is -1.02. The molecule has 0 aromatic heterocycles. The lowest BCUT2D eigenvalue weighted by Gasteiger charge is -2.23. The van der Waals surface area contributed by atoms with Crippen LogP contribution in [0.2, 0.25) is 0 Å². The van der Waals surface area contributed by atoms with Gasteiger partial charge in [0.25, 0.3) is 0 Å². The van der Waals surface area contributed by atoms with Crippen molar-refractivity contribution in [2.75, 3.05) is 24.7 Å². The molecule has 1 rings (SSSR count). The van der Waals surface area contributed by atoms with Crippen LogP contribution in [0.1, 0.15) is 20.3 Å². The summed E-state index contributed by atoms with van der Waals surface area (Å²) >= 11 is 0. The normalized spacial score (nSPS) is 12.8. The first kappa shape index (κ1) is 16.7. The summed E-state index contributed by atoms with van der Waals surface area (Å²) in [7, 11) is -1.02. The van der Waals surface area contributed by atoms with Gasteiger partial charge in [0.1, 0.15) is 0 Å². The Morgan fingerprint density at radius 3 is 2.40 bits per heavy atom. The zero-order valence-electron chi connectivity index (χ0n) is 12.1. The Balaban J connectivity index is 2.48. The third-order valence-electron chi connectivity index (χ3n) is 2.96. The number of carbonyl (C=O) groups excluding carboxylic acids is 1. The van der Waals surface area contributed by atoms with Crippen LogP contribution in [0.5, 0.6) is 0 Å². The molecule has 0 saturated carbocycles. The van der Waals surface area contributed by atoms with E-state index in [-0.39, 0.29) is 18.1 Å². The van der Waals surface area contributed by atoms with Gasteiger partial charge in [-0.3, -0.25) is 4.21 Å². The van der Waals surface area contributed by atoms with E-state index in [2.05, 4.69) is 10.6 Å². The zero-order chi connectivity index (χ0) is 15.2. The third kappa shape index (κ3) is 5.71. The molecule has 2 amide bonds. The van der Waals surface area contributed by atoms with E-state index in [1.165, 1.54) is 0 Å². The fraction of sp³-hybridized carbons (Fsp3) is 0.500. The van der Waals surface area contributed by atoms with Crippen molar-refractivity contribution in [3.63, 3.8) is 0 Å². The topological polar surface area (TPSA) is 78.4 Å². The molecule has 3 N–H and O–H groups in total. The molecule has 1 aromatic carbocycles. The van der Waals surface area contributed by atoms with E-state index in [1.54, 1.807) is 30.5 Å². The van der Waals surface area contributed by atoms with Gasteiger partial charge >= 0.3 is 6.03 Å². The van der Waals surface area contributed by atoms with Crippen molar-refractivity contribution in [1.82, 2.24) is 5.32 Å². The number of amides is 2. The smallest absolute Gasteiger partial charge is 0.319 e. The third-order valence-corrected chi connectivity index (χ3v) is 3.90. The molecule has 6 heteroatoms. The minimum absolute atomic E-state index is 0.103. The predicted octanol–water partition coefficient (Wildman–Crippen LogP) is 1.95. The molecular weight excluding hydrogens is 276 g/mol. The quantitative estimate of drug-likeness (QED) is 0.751. The number of rotatable bonds is 6. The summed E-state index contributed by atoms with van der Waals surface area (Å²) in [5.74, 6) is 0. The summed E-state index contributed by atoms with van der Waals surface area (Å²) in [6, 6.07) is 6.59. The number of aliphatic hydroxyl groups excluding tert-OH is 1. The first-order valence-electron chi connectivity index (χ1n) is 6.43. The van der Waals surface area contributed by atoms with Crippen LogP contribution in [-0.2, 0) is 10.8 Å². The molecule has 0 fully saturated rings. The number of benzene rings is 1. The van der Waals surface area contributed by atoms with E-state index < -0.39 is 10.8 Å².